The largest absolute Gasteiger partial charge is 0.379 e. The average molecular weight is 262 g/mol. The molecule has 1 aliphatic heterocycles. The van der Waals surface area contributed by atoms with E-state index in [-0.39, 0.29) is 23.1 Å². The number of hydrogen-bond donors (Lipinski definition) is 2. The van der Waals surface area contributed by atoms with Gasteiger partial charge < -0.3 is 15.4 Å². The number of likely N-dealkylation sites (N-methyl/N-ethyl adjacent to an activating group) is 1. The molecule has 1 amide bonds. The molecular formula is C11H22N2O3S. The number of rotatable bonds is 6. The lowest BCUT2D eigenvalue weighted by Gasteiger charge is -2.18. The van der Waals surface area contributed by atoms with Crippen molar-refractivity contribution in [2.75, 3.05) is 32.6 Å². The summed E-state index contributed by atoms with van der Waals surface area (Å²) in [4.78, 5) is 11.9. The number of carbonyl (C=O) groups excluding carboxylic acids is 1. The van der Waals surface area contributed by atoms with Gasteiger partial charge in [0.25, 0.3) is 0 Å². The number of ether oxygens (including phenoxy) is 1. The Morgan fingerprint density at radius 1 is 1.53 bits per heavy atom. The minimum Gasteiger partial charge on any atom is -0.379 e. The summed E-state index contributed by atoms with van der Waals surface area (Å²) < 4.78 is 16.5. The molecule has 0 saturated carbocycles. The Kier molecular flexibility index (Phi) is 6.08. The van der Waals surface area contributed by atoms with Crippen LogP contribution in [0, 0.1) is 5.92 Å². The predicted molar refractivity (Wildman–Crippen MR) is 68.3 cm³/mol. The summed E-state index contributed by atoms with van der Waals surface area (Å²) >= 11 is 0. The van der Waals surface area contributed by atoms with Gasteiger partial charge in [-0.05, 0) is 13.5 Å². The highest BCUT2D eigenvalue weighted by atomic mass is 32.2. The summed E-state index contributed by atoms with van der Waals surface area (Å²) in [6.07, 6.45) is 1.65. The molecule has 0 spiro atoms. The fourth-order valence-corrected chi connectivity index (χ4v) is 2.09. The van der Waals surface area contributed by atoms with Crippen LogP contribution in [0.3, 0.4) is 0 Å². The van der Waals surface area contributed by atoms with E-state index in [2.05, 4.69) is 10.6 Å². The summed E-state index contributed by atoms with van der Waals surface area (Å²) in [5, 5.41) is 6.07. The fraction of sp³-hybridized carbons (Fsp3) is 0.909. The van der Waals surface area contributed by atoms with Crippen molar-refractivity contribution >= 4 is 16.7 Å². The number of carbonyl (C=O) groups is 1. The quantitative estimate of drug-likeness (QED) is 0.677. The normalized spacial score (nSPS) is 27.7. The molecule has 0 aromatic rings. The van der Waals surface area contributed by atoms with E-state index >= 15 is 0 Å². The van der Waals surface area contributed by atoms with Gasteiger partial charge in [0, 0.05) is 34.9 Å². The third-order valence-electron chi connectivity index (χ3n) is 3.01. The van der Waals surface area contributed by atoms with E-state index in [1.807, 2.05) is 13.8 Å². The molecule has 2 N–H and O–H groups in total. The Labute approximate surface area is 105 Å². The second-order valence-electron chi connectivity index (χ2n) is 4.36. The SMILES string of the molecule is CCNC1COCC1C(=O)NCC(C)S(C)=O. The average Bonchev–Trinajstić information content (AvgIpc) is 2.74. The molecule has 0 aromatic heterocycles. The topological polar surface area (TPSA) is 67.4 Å². The van der Waals surface area contributed by atoms with E-state index < -0.39 is 10.8 Å². The highest BCUT2D eigenvalue weighted by Crippen LogP contribution is 2.13. The second kappa shape index (κ2) is 7.08. The maximum Gasteiger partial charge on any atom is 0.227 e. The van der Waals surface area contributed by atoms with Gasteiger partial charge in [0.2, 0.25) is 5.91 Å². The van der Waals surface area contributed by atoms with Crippen molar-refractivity contribution in [1.29, 1.82) is 0 Å². The van der Waals surface area contributed by atoms with Crippen molar-refractivity contribution in [3.05, 3.63) is 0 Å². The molecule has 1 fully saturated rings. The van der Waals surface area contributed by atoms with Crippen LogP contribution in [0.25, 0.3) is 0 Å². The van der Waals surface area contributed by atoms with Crippen molar-refractivity contribution in [2.24, 2.45) is 5.92 Å². The summed E-state index contributed by atoms with van der Waals surface area (Å²) in [7, 11) is -0.902. The molecule has 1 saturated heterocycles. The van der Waals surface area contributed by atoms with Crippen LogP contribution in [-0.4, -0.2) is 54.0 Å². The van der Waals surface area contributed by atoms with Gasteiger partial charge in [-0.2, -0.15) is 0 Å². The zero-order valence-corrected chi connectivity index (χ0v) is 11.5. The Balaban J connectivity index is 2.38. The molecule has 100 valence electrons. The van der Waals surface area contributed by atoms with Crippen molar-refractivity contribution in [1.82, 2.24) is 10.6 Å². The number of hydrogen-bond acceptors (Lipinski definition) is 4. The summed E-state index contributed by atoms with van der Waals surface area (Å²) in [5.74, 6) is -0.141. The maximum atomic E-state index is 11.9. The lowest BCUT2D eigenvalue weighted by atomic mass is 10.0. The number of nitrogens with one attached hydrogen (secondary N) is 2. The lowest BCUT2D eigenvalue weighted by molar-refractivity contribution is -0.125. The third kappa shape index (κ3) is 4.37. The first-order chi connectivity index (χ1) is 8.06. The minimum absolute atomic E-state index is 0.00856. The Morgan fingerprint density at radius 3 is 2.82 bits per heavy atom. The zero-order chi connectivity index (χ0) is 12.8. The lowest BCUT2D eigenvalue weighted by Crippen LogP contribution is -2.45. The first-order valence-corrected chi connectivity index (χ1v) is 7.59. The number of amides is 1. The van der Waals surface area contributed by atoms with E-state index in [1.54, 1.807) is 6.26 Å². The molecule has 4 atom stereocenters. The molecule has 0 aliphatic carbocycles. The third-order valence-corrected chi connectivity index (χ3v) is 4.31. The van der Waals surface area contributed by atoms with E-state index in [1.165, 1.54) is 0 Å². The van der Waals surface area contributed by atoms with Gasteiger partial charge in [-0.15, -0.1) is 0 Å². The molecule has 5 nitrogen and oxygen atoms in total. The Morgan fingerprint density at radius 2 is 2.24 bits per heavy atom. The summed E-state index contributed by atoms with van der Waals surface area (Å²) in [5.41, 5.74) is 0. The van der Waals surface area contributed by atoms with Gasteiger partial charge in [0.15, 0.2) is 0 Å². The summed E-state index contributed by atoms with van der Waals surface area (Å²) in [6, 6.07) is 0.0995. The second-order valence-corrected chi connectivity index (χ2v) is 6.16. The van der Waals surface area contributed by atoms with Crippen LogP contribution < -0.4 is 10.6 Å². The van der Waals surface area contributed by atoms with Gasteiger partial charge in [-0.1, -0.05) is 6.92 Å². The fourth-order valence-electron chi connectivity index (χ4n) is 1.77. The zero-order valence-electron chi connectivity index (χ0n) is 10.7. The van der Waals surface area contributed by atoms with Crippen LogP contribution in [0.4, 0.5) is 0 Å². The van der Waals surface area contributed by atoms with Crippen molar-refractivity contribution in [3.8, 4) is 0 Å². The van der Waals surface area contributed by atoms with E-state index in [0.29, 0.717) is 19.8 Å². The summed E-state index contributed by atoms with van der Waals surface area (Å²) in [6.45, 7) is 6.21. The highest BCUT2D eigenvalue weighted by molar-refractivity contribution is 7.84. The first kappa shape index (κ1) is 14.6. The van der Waals surface area contributed by atoms with Crippen LogP contribution in [0.2, 0.25) is 0 Å². The van der Waals surface area contributed by atoms with Gasteiger partial charge in [0.05, 0.1) is 19.1 Å². The van der Waals surface area contributed by atoms with E-state index in [9.17, 15) is 9.00 Å². The molecule has 4 unspecified atom stereocenters. The smallest absolute Gasteiger partial charge is 0.227 e. The van der Waals surface area contributed by atoms with E-state index in [4.69, 9.17) is 4.74 Å². The van der Waals surface area contributed by atoms with Gasteiger partial charge in [-0.3, -0.25) is 9.00 Å². The van der Waals surface area contributed by atoms with Crippen molar-refractivity contribution in [2.45, 2.75) is 25.1 Å². The monoisotopic (exact) mass is 262 g/mol. The van der Waals surface area contributed by atoms with Gasteiger partial charge >= 0.3 is 0 Å². The highest BCUT2D eigenvalue weighted by Gasteiger charge is 2.33. The minimum atomic E-state index is -0.902. The van der Waals surface area contributed by atoms with E-state index in [0.717, 1.165) is 6.54 Å². The molecule has 1 heterocycles. The van der Waals surface area contributed by atoms with Crippen LogP contribution >= 0.6 is 0 Å². The van der Waals surface area contributed by atoms with Crippen LogP contribution in [-0.2, 0) is 20.3 Å². The van der Waals surface area contributed by atoms with Gasteiger partial charge in [0.1, 0.15) is 0 Å². The Hall–Kier alpha value is -0.460. The first-order valence-electron chi connectivity index (χ1n) is 5.97. The van der Waals surface area contributed by atoms with Crippen LogP contribution in [0.1, 0.15) is 13.8 Å². The van der Waals surface area contributed by atoms with Gasteiger partial charge in [-0.25, -0.2) is 0 Å². The van der Waals surface area contributed by atoms with Crippen LogP contribution in [0.5, 0.6) is 0 Å². The molecule has 0 radical (unpaired) electrons. The van der Waals surface area contributed by atoms with Crippen molar-refractivity contribution in [3.63, 3.8) is 0 Å². The molecule has 1 rings (SSSR count). The molecule has 0 bridgehead atoms. The Bertz CT molecular complexity index is 286. The maximum absolute atomic E-state index is 11.9. The molecule has 17 heavy (non-hydrogen) atoms. The molecule has 1 aliphatic rings. The standard InChI is InChI=1S/C11H22N2O3S/c1-4-12-10-7-16-6-9(10)11(14)13-5-8(2)17(3)15/h8-10,12H,4-7H2,1-3H3,(H,13,14). The van der Waals surface area contributed by atoms with Crippen LogP contribution in [0.15, 0.2) is 0 Å². The predicted octanol–water partition coefficient (Wildman–Crippen LogP) is -0.506. The molecule has 0 aromatic carbocycles. The molecule has 6 heteroatoms. The molecular weight excluding hydrogens is 240 g/mol. The van der Waals surface area contributed by atoms with Crippen molar-refractivity contribution < 1.29 is 13.7 Å².